The van der Waals surface area contributed by atoms with Crippen LogP contribution in [0.25, 0.3) is 6.08 Å². The van der Waals surface area contributed by atoms with Crippen LogP contribution >= 0.6 is 11.6 Å². The van der Waals surface area contributed by atoms with Crippen LogP contribution in [0.4, 0.5) is 11.4 Å². The van der Waals surface area contributed by atoms with Gasteiger partial charge in [-0.25, -0.2) is 13.4 Å². The van der Waals surface area contributed by atoms with E-state index < -0.39 is 31.6 Å². The monoisotopic (exact) mass is 656 g/mol. The molecule has 6 rings (SSSR count). The van der Waals surface area contributed by atoms with Gasteiger partial charge in [0.15, 0.2) is 0 Å². The standard InChI is InChI=1S/C33H25ClN4O7S/c34-25-11-17-28(18-12-25)46(44,45)29-5-1-4-24(20-29)33(39)36-32(22-9-15-27(16-10-22)38(42)43)30-6-2-3-23(31(30)35-36)19-21-7-13-26(14-8-21)37(40)41/h1,4-5,7-20,30,32H,2-3,6H2/b23-19-/t30-,32-/m1/s1. The van der Waals surface area contributed by atoms with Crippen LogP contribution in [0.5, 0.6) is 0 Å². The number of nitrogens with zero attached hydrogens (tertiary/aromatic N) is 4. The molecule has 13 heteroatoms. The van der Waals surface area contributed by atoms with Crippen molar-refractivity contribution in [1.29, 1.82) is 0 Å². The van der Waals surface area contributed by atoms with E-state index in [4.69, 9.17) is 16.7 Å². The SMILES string of the molecule is O=C(c1cccc(S(=O)(=O)c2ccc(Cl)cc2)c1)N1N=C2/C(=C\c3ccc([N+](=O)[O-])cc3)CCC[C@H]2[C@H]1c1ccc([N+](=O)[O-])cc1. The molecule has 2 aliphatic rings. The van der Waals surface area contributed by atoms with Gasteiger partial charge in [0.1, 0.15) is 0 Å². The second-order valence-electron chi connectivity index (χ2n) is 10.9. The summed E-state index contributed by atoms with van der Waals surface area (Å²) in [6.07, 6.45) is 4.03. The molecule has 2 atom stereocenters. The summed E-state index contributed by atoms with van der Waals surface area (Å²) >= 11 is 5.94. The number of carbonyl (C=O) groups excluding carboxylic acids is 1. The molecule has 1 saturated carbocycles. The van der Waals surface area contributed by atoms with Crippen molar-refractivity contribution in [2.24, 2.45) is 11.0 Å². The lowest BCUT2D eigenvalue weighted by molar-refractivity contribution is -0.385. The van der Waals surface area contributed by atoms with Crippen LogP contribution in [0.2, 0.25) is 5.02 Å². The number of non-ortho nitro benzene ring substituents is 2. The fourth-order valence-corrected chi connectivity index (χ4v) is 7.30. The zero-order chi connectivity index (χ0) is 32.6. The van der Waals surface area contributed by atoms with Gasteiger partial charge in [0.25, 0.3) is 17.3 Å². The molecule has 46 heavy (non-hydrogen) atoms. The fraction of sp³-hybridized carbons (Fsp3) is 0.152. The zero-order valence-corrected chi connectivity index (χ0v) is 25.6. The van der Waals surface area contributed by atoms with Crippen LogP contribution in [0.15, 0.2) is 118 Å². The number of rotatable bonds is 7. The minimum absolute atomic E-state index is 0.0266. The van der Waals surface area contributed by atoms with Gasteiger partial charge in [-0.1, -0.05) is 29.8 Å². The fourth-order valence-electron chi connectivity index (χ4n) is 5.87. The maximum Gasteiger partial charge on any atom is 0.274 e. The minimum atomic E-state index is -3.97. The van der Waals surface area contributed by atoms with Crippen molar-refractivity contribution in [3.63, 3.8) is 0 Å². The molecule has 4 aromatic rings. The summed E-state index contributed by atoms with van der Waals surface area (Å²) in [7, 11) is -3.97. The van der Waals surface area contributed by atoms with Crippen LogP contribution < -0.4 is 0 Å². The highest BCUT2D eigenvalue weighted by Crippen LogP contribution is 2.45. The van der Waals surface area contributed by atoms with Crippen LogP contribution in [0, 0.1) is 26.1 Å². The number of benzene rings is 4. The third-order valence-corrected chi connectivity index (χ3v) is 10.1. The van der Waals surface area contributed by atoms with Crippen LogP contribution in [0.3, 0.4) is 0 Å². The number of hydrogen-bond acceptors (Lipinski definition) is 8. The van der Waals surface area contributed by atoms with E-state index in [2.05, 4.69) is 0 Å². The Kier molecular flexibility index (Phi) is 8.24. The number of hydrazone groups is 1. The third-order valence-electron chi connectivity index (χ3n) is 8.12. The van der Waals surface area contributed by atoms with E-state index in [0.29, 0.717) is 29.1 Å². The Bertz CT molecular complexity index is 2030. The largest absolute Gasteiger partial charge is 0.274 e. The van der Waals surface area contributed by atoms with Gasteiger partial charge < -0.3 is 0 Å². The number of allylic oxidation sites excluding steroid dienone is 1. The van der Waals surface area contributed by atoms with Gasteiger partial charge in [0, 0.05) is 40.8 Å². The van der Waals surface area contributed by atoms with Crippen LogP contribution in [0.1, 0.15) is 46.8 Å². The first-order chi connectivity index (χ1) is 22.0. The molecular weight excluding hydrogens is 632 g/mol. The van der Waals surface area contributed by atoms with E-state index in [-0.39, 0.29) is 32.6 Å². The summed E-state index contributed by atoms with van der Waals surface area (Å²) in [4.78, 5) is 35.6. The quantitative estimate of drug-likeness (QED) is 0.148. The Balaban J connectivity index is 1.40. The Labute approximate surface area is 268 Å². The molecule has 1 amide bonds. The Morgan fingerprint density at radius 1 is 0.870 bits per heavy atom. The molecule has 0 spiro atoms. The second-order valence-corrected chi connectivity index (χ2v) is 13.3. The summed E-state index contributed by atoms with van der Waals surface area (Å²) in [5.41, 5.74) is 2.90. The molecule has 0 aromatic heterocycles. The lowest BCUT2D eigenvalue weighted by Gasteiger charge is -2.29. The highest BCUT2D eigenvalue weighted by molar-refractivity contribution is 7.91. The molecule has 1 aliphatic heterocycles. The van der Waals surface area contributed by atoms with Crippen molar-refractivity contribution in [2.45, 2.75) is 35.1 Å². The molecule has 1 heterocycles. The van der Waals surface area contributed by atoms with Crippen molar-refractivity contribution in [3.05, 3.63) is 145 Å². The lowest BCUT2D eigenvalue weighted by atomic mass is 9.77. The van der Waals surface area contributed by atoms with Crippen molar-refractivity contribution < 1.29 is 23.1 Å². The first-order valence-electron chi connectivity index (χ1n) is 14.3. The van der Waals surface area contributed by atoms with E-state index >= 15 is 0 Å². The van der Waals surface area contributed by atoms with Crippen molar-refractivity contribution in [3.8, 4) is 0 Å². The molecule has 0 unspecified atom stereocenters. The number of nitro benzene ring substituents is 2. The first-order valence-corrected chi connectivity index (χ1v) is 16.1. The molecule has 1 aliphatic carbocycles. The number of sulfone groups is 1. The topological polar surface area (TPSA) is 153 Å². The zero-order valence-electron chi connectivity index (χ0n) is 24.0. The number of nitro groups is 2. The van der Waals surface area contributed by atoms with Gasteiger partial charge >= 0.3 is 0 Å². The van der Waals surface area contributed by atoms with Crippen molar-refractivity contribution in [1.82, 2.24) is 5.01 Å². The van der Waals surface area contributed by atoms with Crippen molar-refractivity contribution in [2.75, 3.05) is 0 Å². The molecule has 232 valence electrons. The van der Waals surface area contributed by atoms with Gasteiger partial charge in [0.05, 0.1) is 31.4 Å². The normalized spacial score (nSPS) is 18.6. The summed E-state index contributed by atoms with van der Waals surface area (Å²) in [5, 5.41) is 29.0. The molecule has 4 aromatic carbocycles. The molecule has 11 nitrogen and oxygen atoms in total. The van der Waals surface area contributed by atoms with Gasteiger partial charge in [-0.15, -0.1) is 0 Å². The summed E-state index contributed by atoms with van der Waals surface area (Å²) in [5.74, 6) is -0.780. The number of amides is 1. The third kappa shape index (κ3) is 5.92. The van der Waals surface area contributed by atoms with Crippen molar-refractivity contribution >= 4 is 50.5 Å². The maximum atomic E-state index is 14.2. The lowest BCUT2D eigenvalue weighted by Crippen LogP contribution is -2.32. The van der Waals surface area contributed by atoms with E-state index in [1.807, 2.05) is 6.08 Å². The molecule has 0 N–H and O–H groups in total. The number of halogens is 1. The summed E-state index contributed by atoms with van der Waals surface area (Å²) in [6.45, 7) is 0. The summed E-state index contributed by atoms with van der Waals surface area (Å²) in [6, 6.07) is 23.0. The predicted octanol–water partition coefficient (Wildman–Crippen LogP) is 7.43. The van der Waals surface area contributed by atoms with Gasteiger partial charge in [0.2, 0.25) is 9.84 Å². The van der Waals surface area contributed by atoms with Crippen LogP contribution in [-0.4, -0.2) is 34.9 Å². The molecule has 0 saturated heterocycles. The molecule has 0 bridgehead atoms. The molecular formula is C33H25ClN4O7S. The van der Waals surface area contributed by atoms with Gasteiger partial charge in [-0.05, 0) is 96.6 Å². The Hall–Kier alpha value is -5.20. The Morgan fingerprint density at radius 3 is 2.13 bits per heavy atom. The average molecular weight is 657 g/mol. The minimum Gasteiger partial charge on any atom is -0.267 e. The Morgan fingerprint density at radius 2 is 1.50 bits per heavy atom. The highest BCUT2D eigenvalue weighted by atomic mass is 35.5. The number of hydrogen-bond donors (Lipinski definition) is 0. The maximum absolute atomic E-state index is 14.2. The molecule has 0 radical (unpaired) electrons. The summed E-state index contributed by atoms with van der Waals surface area (Å²) < 4.78 is 26.8. The number of fused-ring (bicyclic) bond motifs is 1. The van der Waals surface area contributed by atoms with Crippen LogP contribution in [-0.2, 0) is 9.84 Å². The average Bonchev–Trinajstić information content (AvgIpc) is 3.45. The van der Waals surface area contributed by atoms with E-state index in [9.17, 15) is 33.4 Å². The van der Waals surface area contributed by atoms with Gasteiger partial charge in [-0.2, -0.15) is 5.10 Å². The van der Waals surface area contributed by atoms with E-state index in [0.717, 1.165) is 17.6 Å². The van der Waals surface area contributed by atoms with E-state index in [1.165, 1.54) is 77.8 Å². The number of carbonyl (C=O) groups is 1. The van der Waals surface area contributed by atoms with Gasteiger partial charge in [-0.3, -0.25) is 25.0 Å². The predicted molar refractivity (Wildman–Crippen MR) is 171 cm³/mol. The second kappa shape index (κ2) is 12.3. The first kappa shape index (κ1) is 30.8. The smallest absolute Gasteiger partial charge is 0.267 e. The van der Waals surface area contributed by atoms with E-state index in [1.54, 1.807) is 24.3 Å². The molecule has 1 fully saturated rings. The highest BCUT2D eigenvalue weighted by Gasteiger charge is 2.44.